The first kappa shape index (κ1) is 15.3. The topological polar surface area (TPSA) is 21.7 Å². The molecule has 0 spiro atoms. The number of allylic oxidation sites excluding steroid dienone is 2. The Bertz CT molecular complexity index is 581. The predicted octanol–water partition coefficient (Wildman–Crippen LogP) is 3.98. The second kappa shape index (κ2) is 5.86. The second-order valence-corrected chi connectivity index (χ2v) is 6.48. The number of nitrogens with zero attached hydrogens (tertiary/aromatic N) is 1. The average molecular weight is 301 g/mol. The molecule has 1 fully saturated rings. The number of methoxy groups -OCH3 is 2. The van der Waals surface area contributed by atoms with Crippen LogP contribution in [0.3, 0.4) is 0 Å². The van der Waals surface area contributed by atoms with E-state index in [-0.39, 0.29) is 5.41 Å². The maximum absolute atomic E-state index is 5.55. The van der Waals surface area contributed by atoms with Crippen LogP contribution in [0.5, 0.6) is 11.5 Å². The summed E-state index contributed by atoms with van der Waals surface area (Å²) in [6, 6.07) is 6.49. The lowest BCUT2D eigenvalue weighted by Gasteiger charge is -2.42. The number of benzene rings is 1. The van der Waals surface area contributed by atoms with Gasteiger partial charge in [-0.2, -0.15) is 0 Å². The molecule has 3 heteroatoms. The molecule has 120 valence electrons. The summed E-state index contributed by atoms with van der Waals surface area (Å²) in [7, 11) is 5.64. The van der Waals surface area contributed by atoms with E-state index < -0.39 is 0 Å². The Morgan fingerprint density at radius 3 is 2.68 bits per heavy atom. The molecule has 0 bridgehead atoms. The summed E-state index contributed by atoms with van der Waals surface area (Å²) in [4.78, 5) is 2.44. The van der Waals surface area contributed by atoms with Crippen LogP contribution in [0, 0.1) is 5.92 Å². The fourth-order valence-electron chi connectivity index (χ4n) is 4.55. The minimum atomic E-state index is 0.154. The zero-order chi connectivity index (χ0) is 15.7. The Labute approximate surface area is 133 Å². The van der Waals surface area contributed by atoms with Crippen LogP contribution >= 0.6 is 0 Å². The Hall–Kier alpha value is -1.64. The highest BCUT2D eigenvalue weighted by molar-refractivity contribution is 5.50. The van der Waals surface area contributed by atoms with E-state index in [1.807, 2.05) is 0 Å². The summed E-state index contributed by atoms with van der Waals surface area (Å²) >= 11 is 0. The third-order valence-electron chi connectivity index (χ3n) is 5.65. The van der Waals surface area contributed by atoms with Gasteiger partial charge in [0, 0.05) is 24.7 Å². The van der Waals surface area contributed by atoms with Gasteiger partial charge in [-0.1, -0.05) is 25.5 Å². The summed E-state index contributed by atoms with van der Waals surface area (Å²) in [5.74, 6) is 2.35. The van der Waals surface area contributed by atoms with Crippen LogP contribution in [0.2, 0.25) is 0 Å². The summed E-state index contributed by atoms with van der Waals surface area (Å²) < 4.78 is 11.0. The quantitative estimate of drug-likeness (QED) is 0.839. The normalized spacial score (nSPS) is 27.4. The molecule has 1 heterocycles. The molecule has 1 aromatic carbocycles. The van der Waals surface area contributed by atoms with Crippen molar-refractivity contribution in [2.45, 2.75) is 38.0 Å². The smallest absolute Gasteiger partial charge is 0.161 e. The Morgan fingerprint density at radius 1 is 1.23 bits per heavy atom. The average Bonchev–Trinajstić information content (AvgIpc) is 2.92. The molecule has 1 aliphatic carbocycles. The van der Waals surface area contributed by atoms with E-state index in [4.69, 9.17) is 9.47 Å². The van der Waals surface area contributed by atoms with Crippen molar-refractivity contribution in [3.8, 4) is 11.5 Å². The zero-order valence-corrected chi connectivity index (χ0v) is 14.2. The fourth-order valence-corrected chi connectivity index (χ4v) is 4.55. The molecule has 0 amide bonds. The van der Waals surface area contributed by atoms with E-state index in [1.54, 1.807) is 14.2 Å². The molecule has 2 aliphatic rings. The Kier molecular flexibility index (Phi) is 4.07. The summed E-state index contributed by atoms with van der Waals surface area (Å²) in [5, 5.41) is 0. The van der Waals surface area contributed by atoms with Gasteiger partial charge in [-0.25, -0.2) is 0 Å². The summed E-state index contributed by atoms with van der Waals surface area (Å²) in [6.45, 7) is 3.46. The summed E-state index contributed by atoms with van der Waals surface area (Å²) in [5.41, 5.74) is 3.05. The molecule has 1 aromatic rings. The van der Waals surface area contributed by atoms with E-state index in [1.165, 1.54) is 36.9 Å². The fraction of sp³-hybridized carbons (Fsp3) is 0.579. The van der Waals surface area contributed by atoms with Gasteiger partial charge in [0.1, 0.15) is 0 Å². The van der Waals surface area contributed by atoms with Crippen molar-refractivity contribution in [2.24, 2.45) is 5.92 Å². The lowest BCUT2D eigenvalue weighted by molar-refractivity contribution is 0.269. The van der Waals surface area contributed by atoms with Crippen LogP contribution in [0.15, 0.2) is 30.0 Å². The van der Waals surface area contributed by atoms with E-state index in [0.717, 1.165) is 18.0 Å². The molecule has 0 saturated carbocycles. The first-order chi connectivity index (χ1) is 10.7. The van der Waals surface area contributed by atoms with Crippen molar-refractivity contribution in [1.82, 2.24) is 4.90 Å². The number of likely N-dealkylation sites (N-methyl/N-ethyl adjacent to an activating group) is 1. The number of fused-ring (bicyclic) bond motifs is 1. The first-order valence-corrected chi connectivity index (χ1v) is 8.31. The van der Waals surface area contributed by atoms with E-state index in [9.17, 15) is 0 Å². The van der Waals surface area contributed by atoms with E-state index in [2.05, 4.69) is 43.1 Å². The largest absolute Gasteiger partial charge is 0.493 e. The van der Waals surface area contributed by atoms with Crippen molar-refractivity contribution < 1.29 is 9.47 Å². The minimum Gasteiger partial charge on any atom is -0.493 e. The van der Waals surface area contributed by atoms with E-state index >= 15 is 0 Å². The lowest BCUT2D eigenvalue weighted by Crippen LogP contribution is -2.38. The zero-order valence-electron chi connectivity index (χ0n) is 14.2. The monoisotopic (exact) mass is 301 g/mol. The van der Waals surface area contributed by atoms with Gasteiger partial charge >= 0.3 is 0 Å². The van der Waals surface area contributed by atoms with E-state index in [0.29, 0.717) is 5.92 Å². The van der Waals surface area contributed by atoms with Crippen LogP contribution < -0.4 is 9.47 Å². The Balaban J connectivity index is 2.14. The highest BCUT2D eigenvalue weighted by atomic mass is 16.5. The molecule has 3 rings (SSSR count). The molecule has 0 unspecified atom stereocenters. The molecule has 0 radical (unpaired) electrons. The number of ether oxygens (including phenoxy) is 2. The van der Waals surface area contributed by atoms with Crippen LogP contribution in [0.4, 0.5) is 0 Å². The first-order valence-electron chi connectivity index (χ1n) is 8.31. The standard InChI is InChI=1S/C19H27NO2/c1-5-14-7-6-8-18-19(14,11-12-20(18)2)15-9-10-16(21-3)17(13-15)22-4/h8-10,13-14H,5-7,11-12H2,1-4H3/t14-,19+/m0/s1. The highest BCUT2D eigenvalue weighted by Crippen LogP contribution is 2.54. The molecule has 3 nitrogen and oxygen atoms in total. The van der Waals surface area contributed by atoms with Gasteiger partial charge in [0.2, 0.25) is 0 Å². The Morgan fingerprint density at radius 2 is 2.00 bits per heavy atom. The molecule has 22 heavy (non-hydrogen) atoms. The van der Waals surface area contributed by atoms with Crippen molar-refractivity contribution in [3.05, 3.63) is 35.5 Å². The van der Waals surface area contributed by atoms with Crippen molar-refractivity contribution in [1.29, 1.82) is 0 Å². The third-order valence-corrected chi connectivity index (χ3v) is 5.65. The second-order valence-electron chi connectivity index (χ2n) is 6.48. The van der Waals surface area contributed by atoms with Crippen molar-refractivity contribution in [2.75, 3.05) is 27.8 Å². The number of likely N-dealkylation sites (tertiary alicyclic amines) is 1. The lowest BCUT2D eigenvalue weighted by atomic mass is 9.62. The van der Waals surface area contributed by atoms with Gasteiger partial charge in [-0.3, -0.25) is 0 Å². The molecule has 1 aliphatic heterocycles. The van der Waals surface area contributed by atoms with Crippen molar-refractivity contribution >= 4 is 0 Å². The molecular weight excluding hydrogens is 274 g/mol. The molecule has 0 N–H and O–H groups in total. The van der Waals surface area contributed by atoms with Crippen LogP contribution in [0.1, 0.15) is 38.2 Å². The molecule has 0 aromatic heterocycles. The predicted molar refractivity (Wildman–Crippen MR) is 89.6 cm³/mol. The van der Waals surface area contributed by atoms with Crippen molar-refractivity contribution in [3.63, 3.8) is 0 Å². The molecule has 2 atom stereocenters. The van der Waals surface area contributed by atoms with Gasteiger partial charge in [-0.15, -0.1) is 0 Å². The third kappa shape index (κ3) is 2.10. The van der Waals surface area contributed by atoms with Crippen LogP contribution in [-0.2, 0) is 5.41 Å². The van der Waals surface area contributed by atoms with Gasteiger partial charge in [0.25, 0.3) is 0 Å². The number of rotatable bonds is 4. The molecular formula is C19H27NO2. The minimum absolute atomic E-state index is 0.154. The number of hydrogen-bond donors (Lipinski definition) is 0. The van der Waals surface area contributed by atoms with Crippen LogP contribution in [-0.4, -0.2) is 32.7 Å². The summed E-state index contributed by atoms with van der Waals surface area (Å²) in [6.07, 6.45) is 7.36. The van der Waals surface area contributed by atoms with Crippen LogP contribution in [0.25, 0.3) is 0 Å². The SMILES string of the molecule is CC[C@H]1CCC=C2N(C)CC[C@@]21c1ccc(OC)c(OC)c1. The maximum Gasteiger partial charge on any atom is 0.161 e. The van der Waals surface area contributed by atoms with Gasteiger partial charge in [-0.05, 0) is 42.9 Å². The van der Waals surface area contributed by atoms with Gasteiger partial charge in [0.05, 0.1) is 14.2 Å². The van der Waals surface area contributed by atoms with Gasteiger partial charge in [0.15, 0.2) is 11.5 Å². The molecule has 1 saturated heterocycles. The highest BCUT2D eigenvalue weighted by Gasteiger charge is 2.49. The number of hydrogen-bond acceptors (Lipinski definition) is 3. The maximum atomic E-state index is 5.55. The van der Waals surface area contributed by atoms with Gasteiger partial charge < -0.3 is 14.4 Å².